The Morgan fingerprint density at radius 1 is 1.16 bits per heavy atom. The molecule has 0 saturated carbocycles. The molecule has 2 N–H and O–H groups in total. The van der Waals surface area contributed by atoms with Crippen LogP contribution in [0.15, 0.2) is 47.6 Å². The van der Waals surface area contributed by atoms with Crippen LogP contribution in [0.2, 0.25) is 5.02 Å². The normalized spacial score (nSPS) is 14.1. The van der Waals surface area contributed by atoms with Crippen LogP contribution in [0.5, 0.6) is 0 Å². The summed E-state index contributed by atoms with van der Waals surface area (Å²) in [7, 11) is 0. The molecule has 1 fully saturated rings. The molecule has 1 aliphatic rings. The molecule has 0 aliphatic carbocycles. The molecule has 1 aromatic carbocycles. The summed E-state index contributed by atoms with van der Waals surface area (Å²) in [5.41, 5.74) is 1.61. The molecular weight excluding hydrogens is 527 g/mol. The number of guanidine groups is 1. The maximum absolute atomic E-state index is 12.3. The van der Waals surface area contributed by atoms with Crippen molar-refractivity contribution in [2.75, 3.05) is 49.5 Å². The molecular formula is C22H30ClIN6O. The largest absolute Gasteiger partial charge is 0.357 e. The van der Waals surface area contributed by atoms with Crippen LogP contribution in [-0.4, -0.2) is 61.0 Å². The average molecular weight is 557 g/mol. The molecule has 0 atom stereocenters. The van der Waals surface area contributed by atoms with E-state index in [0.717, 1.165) is 55.8 Å². The highest BCUT2D eigenvalue weighted by Gasteiger charge is 2.20. The molecule has 168 valence electrons. The number of hydrogen-bond acceptors (Lipinski definition) is 4. The van der Waals surface area contributed by atoms with Crippen molar-refractivity contribution in [2.24, 2.45) is 4.99 Å². The summed E-state index contributed by atoms with van der Waals surface area (Å²) >= 11 is 6.12. The lowest BCUT2D eigenvalue weighted by Crippen LogP contribution is -2.52. The predicted molar refractivity (Wildman–Crippen MR) is 139 cm³/mol. The summed E-state index contributed by atoms with van der Waals surface area (Å²) < 4.78 is 0. The molecule has 0 bridgehead atoms. The van der Waals surface area contributed by atoms with Gasteiger partial charge in [-0.15, -0.1) is 24.0 Å². The quantitative estimate of drug-likeness (QED) is 0.322. The van der Waals surface area contributed by atoms with Gasteiger partial charge < -0.3 is 20.4 Å². The number of amides is 1. The zero-order valence-corrected chi connectivity index (χ0v) is 21.1. The minimum Gasteiger partial charge on any atom is -0.357 e. The number of nitrogens with one attached hydrogen (secondary N) is 2. The fourth-order valence-electron chi connectivity index (χ4n) is 3.33. The van der Waals surface area contributed by atoms with E-state index in [2.05, 4.69) is 30.4 Å². The first-order valence-corrected chi connectivity index (χ1v) is 10.7. The molecule has 31 heavy (non-hydrogen) atoms. The molecule has 9 heteroatoms. The van der Waals surface area contributed by atoms with Crippen molar-refractivity contribution in [3.63, 3.8) is 0 Å². The molecule has 1 aromatic heterocycles. The summed E-state index contributed by atoms with van der Waals surface area (Å²) in [4.78, 5) is 25.9. The summed E-state index contributed by atoms with van der Waals surface area (Å²) in [6, 6.07) is 11.5. The third kappa shape index (κ3) is 7.24. The van der Waals surface area contributed by atoms with Crippen molar-refractivity contribution in [2.45, 2.75) is 20.3 Å². The second kappa shape index (κ2) is 12.7. The van der Waals surface area contributed by atoms with Gasteiger partial charge in [-0.25, -0.2) is 4.98 Å². The zero-order valence-electron chi connectivity index (χ0n) is 18.0. The van der Waals surface area contributed by atoms with Crippen LogP contribution in [0.3, 0.4) is 0 Å². The fraction of sp³-hybridized carbons (Fsp3) is 0.409. The lowest BCUT2D eigenvalue weighted by atomic mass is 10.2. The van der Waals surface area contributed by atoms with Crippen LogP contribution in [0.1, 0.15) is 18.9 Å². The van der Waals surface area contributed by atoms with E-state index in [1.54, 1.807) is 0 Å². The van der Waals surface area contributed by atoms with E-state index >= 15 is 0 Å². The van der Waals surface area contributed by atoms with E-state index in [4.69, 9.17) is 11.6 Å². The van der Waals surface area contributed by atoms with Crippen LogP contribution < -0.4 is 15.5 Å². The Morgan fingerprint density at radius 2 is 1.94 bits per heavy atom. The van der Waals surface area contributed by atoms with Gasteiger partial charge in [0.25, 0.3) is 0 Å². The summed E-state index contributed by atoms with van der Waals surface area (Å²) in [5.74, 6) is 1.79. The minimum atomic E-state index is -0.0695. The van der Waals surface area contributed by atoms with Gasteiger partial charge in [0.2, 0.25) is 5.91 Å². The van der Waals surface area contributed by atoms with E-state index < -0.39 is 0 Å². The van der Waals surface area contributed by atoms with Crippen molar-refractivity contribution >= 4 is 58.9 Å². The Labute approximate surface area is 206 Å². The molecule has 1 amide bonds. The number of carbonyl (C=O) groups excluding carboxylic acids is 1. The summed E-state index contributed by atoms with van der Waals surface area (Å²) in [6.45, 7) is 8.64. The van der Waals surface area contributed by atoms with Crippen LogP contribution in [0.25, 0.3) is 0 Å². The molecule has 2 aromatic rings. The molecule has 2 heterocycles. The van der Waals surface area contributed by atoms with Gasteiger partial charge in [0.05, 0.1) is 6.54 Å². The lowest BCUT2D eigenvalue weighted by Gasteiger charge is -2.37. The Kier molecular flexibility index (Phi) is 10.3. The number of halogens is 2. The van der Waals surface area contributed by atoms with Gasteiger partial charge in [-0.2, -0.15) is 0 Å². The maximum Gasteiger partial charge on any atom is 0.226 e. The average Bonchev–Trinajstić information content (AvgIpc) is 2.77. The zero-order chi connectivity index (χ0) is 21.3. The van der Waals surface area contributed by atoms with E-state index in [9.17, 15) is 4.79 Å². The van der Waals surface area contributed by atoms with Crippen LogP contribution in [0, 0.1) is 6.92 Å². The summed E-state index contributed by atoms with van der Waals surface area (Å²) in [6.07, 6.45) is 2.14. The number of aromatic nitrogens is 1. The fourth-order valence-corrected chi connectivity index (χ4v) is 3.51. The Balaban J connectivity index is 0.00000341. The van der Waals surface area contributed by atoms with E-state index in [1.807, 2.05) is 56.4 Å². The van der Waals surface area contributed by atoms with Gasteiger partial charge in [-0.3, -0.25) is 9.79 Å². The molecule has 7 nitrogen and oxygen atoms in total. The first-order valence-electron chi connectivity index (χ1n) is 10.3. The third-order valence-corrected chi connectivity index (χ3v) is 5.44. The molecule has 1 aliphatic heterocycles. The number of anilines is 2. The molecule has 0 spiro atoms. The van der Waals surface area contributed by atoms with E-state index in [0.29, 0.717) is 18.0 Å². The maximum atomic E-state index is 12.3. The van der Waals surface area contributed by atoms with Gasteiger partial charge in [-0.05, 0) is 43.7 Å². The standard InChI is InChI=1S/C22H29ClN6O.HI/c1-3-24-22(29-15-13-28(14-16-29)20-9-4-5-11-25-20)26-12-10-21(30)27-19-8-6-7-18(23)17(19)2;/h4-9,11H,3,10,12-16H2,1-2H3,(H,24,26)(H,27,30);1H. The van der Waals surface area contributed by atoms with E-state index in [-0.39, 0.29) is 29.9 Å². The predicted octanol–water partition coefficient (Wildman–Crippen LogP) is 3.78. The first kappa shape index (κ1) is 25.2. The lowest BCUT2D eigenvalue weighted by molar-refractivity contribution is -0.116. The van der Waals surface area contributed by atoms with Crippen molar-refractivity contribution < 1.29 is 4.79 Å². The topological polar surface area (TPSA) is 72.9 Å². The Bertz CT molecular complexity index is 872. The second-order valence-corrected chi connectivity index (χ2v) is 7.52. The van der Waals surface area contributed by atoms with Crippen LogP contribution >= 0.6 is 35.6 Å². The van der Waals surface area contributed by atoms with E-state index in [1.165, 1.54) is 0 Å². The van der Waals surface area contributed by atoms with Crippen molar-refractivity contribution in [1.29, 1.82) is 0 Å². The molecule has 3 rings (SSSR count). The van der Waals surface area contributed by atoms with Gasteiger partial charge >= 0.3 is 0 Å². The monoisotopic (exact) mass is 556 g/mol. The van der Waals surface area contributed by atoms with Gasteiger partial charge in [0.1, 0.15) is 5.82 Å². The number of nitrogens with zero attached hydrogens (tertiary/aromatic N) is 4. The number of aliphatic imine (C=N–C) groups is 1. The Morgan fingerprint density at radius 3 is 2.61 bits per heavy atom. The smallest absolute Gasteiger partial charge is 0.226 e. The number of piperazine rings is 1. The number of carbonyl (C=O) groups is 1. The minimum absolute atomic E-state index is 0. The highest BCUT2D eigenvalue weighted by Crippen LogP contribution is 2.23. The molecule has 1 saturated heterocycles. The van der Waals surface area contributed by atoms with Crippen molar-refractivity contribution in [3.05, 3.63) is 53.2 Å². The van der Waals surface area contributed by atoms with Gasteiger partial charge in [0, 0.05) is 56.1 Å². The molecule has 0 radical (unpaired) electrons. The second-order valence-electron chi connectivity index (χ2n) is 7.11. The van der Waals surface area contributed by atoms with Gasteiger partial charge in [0.15, 0.2) is 5.96 Å². The number of benzene rings is 1. The van der Waals surface area contributed by atoms with Crippen LogP contribution in [0.4, 0.5) is 11.5 Å². The number of rotatable bonds is 6. The van der Waals surface area contributed by atoms with Crippen molar-refractivity contribution in [1.82, 2.24) is 15.2 Å². The highest BCUT2D eigenvalue weighted by molar-refractivity contribution is 14.0. The van der Waals surface area contributed by atoms with Crippen molar-refractivity contribution in [3.8, 4) is 0 Å². The number of pyridine rings is 1. The third-order valence-electron chi connectivity index (χ3n) is 5.03. The van der Waals surface area contributed by atoms with Crippen LogP contribution in [-0.2, 0) is 4.79 Å². The summed E-state index contributed by atoms with van der Waals surface area (Å²) in [5, 5.41) is 6.90. The highest BCUT2D eigenvalue weighted by atomic mass is 127. The van der Waals surface area contributed by atoms with Gasteiger partial charge in [-0.1, -0.05) is 23.7 Å². The first-order chi connectivity index (χ1) is 14.6. The SMILES string of the molecule is CCNC(=NCCC(=O)Nc1cccc(Cl)c1C)N1CCN(c2ccccn2)CC1.I. The molecule has 0 unspecified atom stereocenters. The Hall–Kier alpha value is -2.07. The number of hydrogen-bond donors (Lipinski definition) is 2.